The number of piperidine rings is 1. The SMILES string of the molecule is CCOC(=O)[C@@H]1CCCN(C(=O)Cc2cccc(C(F)(F)F)c2)C1. The molecule has 132 valence electrons. The molecule has 1 fully saturated rings. The molecule has 0 N–H and O–H groups in total. The number of halogens is 3. The maximum atomic E-state index is 12.7. The molecule has 1 heterocycles. The largest absolute Gasteiger partial charge is 0.466 e. The van der Waals surface area contributed by atoms with Crippen LogP contribution < -0.4 is 0 Å². The second-order valence-electron chi connectivity index (χ2n) is 5.81. The molecule has 0 saturated carbocycles. The first-order valence-corrected chi connectivity index (χ1v) is 7.91. The van der Waals surface area contributed by atoms with Gasteiger partial charge in [-0.1, -0.05) is 18.2 Å². The van der Waals surface area contributed by atoms with Crippen LogP contribution in [0.2, 0.25) is 0 Å². The Bertz CT molecular complexity index is 601. The average Bonchev–Trinajstić information content (AvgIpc) is 2.54. The quantitative estimate of drug-likeness (QED) is 0.790. The lowest BCUT2D eigenvalue weighted by Gasteiger charge is -2.31. The molecular weight excluding hydrogens is 323 g/mol. The van der Waals surface area contributed by atoms with Gasteiger partial charge in [0.05, 0.1) is 24.5 Å². The fourth-order valence-corrected chi connectivity index (χ4v) is 2.80. The number of amides is 1. The van der Waals surface area contributed by atoms with Crippen molar-refractivity contribution < 1.29 is 27.5 Å². The Balaban J connectivity index is 2.00. The maximum Gasteiger partial charge on any atom is 0.416 e. The van der Waals surface area contributed by atoms with Crippen molar-refractivity contribution in [1.82, 2.24) is 4.90 Å². The van der Waals surface area contributed by atoms with Gasteiger partial charge >= 0.3 is 12.1 Å². The van der Waals surface area contributed by atoms with Crippen molar-refractivity contribution in [3.63, 3.8) is 0 Å². The number of alkyl halides is 3. The van der Waals surface area contributed by atoms with Crippen LogP contribution in [0.5, 0.6) is 0 Å². The van der Waals surface area contributed by atoms with E-state index in [4.69, 9.17) is 4.74 Å². The van der Waals surface area contributed by atoms with Crippen molar-refractivity contribution in [1.29, 1.82) is 0 Å². The molecule has 7 heteroatoms. The molecule has 2 rings (SSSR count). The van der Waals surface area contributed by atoms with Crippen LogP contribution in [0.1, 0.15) is 30.9 Å². The third-order valence-corrected chi connectivity index (χ3v) is 4.00. The van der Waals surface area contributed by atoms with Crippen molar-refractivity contribution in [3.8, 4) is 0 Å². The molecule has 0 radical (unpaired) electrons. The molecule has 1 amide bonds. The summed E-state index contributed by atoms with van der Waals surface area (Å²) in [6.07, 6.45) is -3.21. The summed E-state index contributed by atoms with van der Waals surface area (Å²) in [5.41, 5.74) is -0.455. The summed E-state index contributed by atoms with van der Waals surface area (Å²) in [5.74, 6) is -0.957. The first kappa shape index (κ1) is 18.3. The molecule has 1 aliphatic heterocycles. The molecule has 1 aromatic rings. The molecule has 24 heavy (non-hydrogen) atoms. The maximum absolute atomic E-state index is 12.7. The van der Waals surface area contributed by atoms with Crippen LogP contribution in [-0.4, -0.2) is 36.5 Å². The van der Waals surface area contributed by atoms with Crippen molar-refractivity contribution in [2.45, 2.75) is 32.4 Å². The summed E-state index contributed by atoms with van der Waals surface area (Å²) in [6, 6.07) is 4.76. The van der Waals surface area contributed by atoms with E-state index in [2.05, 4.69) is 0 Å². The minimum Gasteiger partial charge on any atom is -0.466 e. The Labute approximate surface area is 138 Å². The summed E-state index contributed by atoms with van der Waals surface area (Å²) in [4.78, 5) is 25.7. The van der Waals surface area contributed by atoms with Gasteiger partial charge in [-0.05, 0) is 31.4 Å². The molecule has 0 aliphatic carbocycles. The number of esters is 1. The smallest absolute Gasteiger partial charge is 0.416 e. The van der Waals surface area contributed by atoms with E-state index >= 15 is 0 Å². The first-order valence-electron chi connectivity index (χ1n) is 7.91. The zero-order chi connectivity index (χ0) is 17.7. The second kappa shape index (κ2) is 7.68. The number of rotatable bonds is 4. The zero-order valence-corrected chi connectivity index (χ0v) is 13.4. The van der Waals surface area contributed by atoms with Crippen molar-refractivity contribution >= 4 is 11.9 Å². The van der Waals surface area contributed by atoms with Gasteiger partial charge in [-0.2, -0.15) is 13.2 Å². The van der Waals surface area contributed by atoms with Gasteiger partial charge in [-0.15, -0.1) is 0 Å². The number of hydrogen-bond acceptors (Lipinski definition) is 3. The van der Waals surface area contributed by atoms with E-state index in [1.807, 2.05) is 0 Å². The Morgan fingerprint density at radius 1 is 1.33 bits per heavy atom. The van der Waals surface area contributed by atoms with Gasteiger partial charge in [0.25, 0.3) is 0 Å². The van der Waals surface area contributed by atoms with Crippen LogP contribution in [0.3, 0.4) is 0 Å². The lowest BCUT2D eigenvalue weighted by molar-refractivity contribution is -0.151. The second-order valence-corrected chi connectivity index (χ2v) is 5.81. The number of ether oxygens (including phenoxy) is 1. The predicted molar refractivity (Wildman–Crippen MR) is 81.1 cm³/mol. The Hall–Kier alpha value is -2.05. The minimum atomic E-state index is -4.43. The van der Waals surface area contributed by atoms with Crippen LogP contribution in [0.4, 0.5) is 13.2 Å². The number of carbonyl (C=O) groups is 2. The van der Waals surface area contributed by atoms with E-state index in [-0.39, 0.29) is 37.4 Å². The van der Waals surface area contributed by atoms with Gasteiger partial charge in [0, 0.05) is 13.1 Å². The van der Waals surface area contributed by atoms with Crippen molar-refractivity contribution in [2.24, 2.45) is 5.92 Å². The van der Waals surface area contributed by atoms with Crippen LogP contribution in [-0.2, 0) is 26.9 Å². The standard InChI is InChI=1S/C17H20F3NO3/c1-2-24-16(23)13-6-4-8-21(11-13)15(22)10-12-5-3-7-14(9-12)17(18,19)20/h3,5,7,9,13H,2,4,6,8,10-11H2,1H3/t13-/m1/s1. The lowest BCUT2D eigenvalue weighted by atomic mass is 9.97. The van der Waals surface area contributed by atoms with Crippen LogP contribution >= 0.6 is 0 Å². The summed E-state index contributed by atoms with van der Waals surface area (Å²) < 4.78 is 43.2. The first-order chi connectivity index (χ1) is 11.3. The van der Waals surface area contributed by atoms with Gasteiger partial charge in [-0.3, -0.25) is 9.59 Å². The van der Waals surface area contributed by atoms with Crippen molar-refractivity contribution in [2.75, 3.05) is 19.7 Å². The van der Waals surface area contributed by atoms with Crippen LogP contribution in [0.15, 0.2) is 24.3 Å². The topological polar surface area (TPSA) is 46.6 Å². The van der Waals surface area contributed by atoms with E-state index in [0.717, 1.165) is 12.1 Å². The number of benzene rings is 1. The van der Waals surface area contributed by atoms with E-state index in [1.54, 1.807) is 6.92 Å². The summed E-state index contributed by atoms with van der Waals surface area (Å²) in [5, 5.41) is 0. The third kappa shape index (κ3) is 4.72. The van der Waals surface area contributed by atoms with Crippen molar-refractivity contribution in [3.05, 3.63) is 35.4 Å². The number of hydrogen-bond donors (Lipinski definition) is 0. The van der Waals surface area contributed by atoms with E-state index in [0.29, 0.717) is 24.9 Å². The molecule has 1 saturated heterocycles. The van der Waals surface area contributed by atoms with Gasteiger partial charge < -0.3 is 9.64 Å². The molecule has 4 nitrogen and oxygen atoms in total. The molecule has 1 aliphatic rings. The van der Waals surface area contributed by atoms with Gasteiger partial charge in [0.2, 0.25) is 5.91 Å². The Morgan fingerprint density at radius 2 is 2.08 bits per heavy atom. The molecule has 0 aromatic heterocycles. The predicted octanol–water partition coefficient (Wildman–Crippen LogP) is 3.05. The van der Waals surface area contributed by atoms with Gasteiger partial charge in [0.1, 0.15) is 0 Å². The highest BCUT2D eigenvalue weighted by Crippen LogP contribution is 2.29. The van der Waals surface area contributed by atoms with Crippen LogP contribution in [0, 0.1) is 5.92 Å². The lowest BCUT2D eigenvalue weighted by Crippen LogP contribution is -2.43. The normalized spacial score (nSPS) is 18.3. The number of likely N-dealkylation sites (tertiary alicyclic amines) is 1. The summed E-state index contributed by atoms with van der Waals surface area (Å²) in [7, 11) is 0. The minimum absolute atomic E-state index is 0.112. The van der Waals surface area contributed by atoms with Gasteiger partial charge in [0.15, 0.2) is 0 Å². The highest BCUT2D eigenvalue weighted by atomic mass is 19.4. The number of carbonyl (C=O) groups excluding carboxylic acids is 2. The van der Waals surface area contributed by atoms with Crippen LogP contribution in [0.25, 0.3) is 0 Å². The highest BCUT2D eigenvalue weighted by molar-refractivity contribution is 5.80. The molecule has 1 atom stereocenters. The average molecular weight is 343 g/mol. The highest BCUT2D eigenvalue weighted by Gasteiger charge is 2.31. The molecular formula is C17H20F3NO3. The molecule has 0 unspecified atom stereocenters. The molecule has 0 spiro atoms. The summed E-state index contributed by atoms with van der Waals surface area (Å²) >= 11 is 0. The third-order valence-electron chi connectivity index (χ3n) is 4.00. The number of nitrogens with zero attached hydrogens (tertiary/aromatic N) is 1. The van der Waals surface area contributed by atoms with Gasteiger partial charge in [-0.25, -0.2) is 0 Å². The molecule has 0 bridgehead atoms. The Kier molecular flexibility index (Phi) is 5.85. The van der Waals surface area contributed by atoms with E-state index < -0.39 is 11.7 Å². The fourth-order valence-electron chi connectivity index (χ4n) is 2.80. The monoisotopic (exact) mass is 343 g/mol. The fraction of sp³-hybridized carbons (Fsp3) is 0.529. The molecule has 1 aromatic carbocycles. The van der Waals surface area contributed by atoms with E-state index in [9.17, 15) is 22.8 Å². The van der Waals surface area contributed by atoms with E-state index in [1.165, 1.54) is 17.0 Å². The Morgan fingerprint density at radius 3 is 2.75 bits per heavy atom. The zero-order valence-electron chi connectivity index (χ0n) is 13.4. The summed E-state index contributed by atoms with van der Waals surface area (Å²) in [6.45, 7) is 2.77.